The van der Waals surface area contributed by atoms with E-state index in [0.717, 1.165) is 22.7 Å². The maximum atomic E-state index is 12.1. The fraction of sp³-hybridized carbons (Fsp3) is 0.0588. The topological polar surface area (TPSA) is 141 Å². The van der Waals surface area contributed by atoms with Crippen LogP contribution in [0.4, 0.5) is 10.0 Å². The Hall–Kier alpha value is -3.44. The van der Waals surface area contributed by atoms with Crippen molar-refractivity contribution in [2.75, 3.05) is 17.2 Å². The number of ether oxygens (including phenoxy) is 1. The average molecular weight is 419 g/mol. The fourth-order valence-corrected chi connectivity index (χ4v) is 3.66. The van der Waals surface area contributed by atoms with Crippen molar-refractivity contribution in [3.05, 3.63) is 58.2 Å². The molecule has 28 heavy (non-hydrogen) atoms. The van der Waals surface area contributed by atoms with Gasteiger partial charge < -0.3 is 25.5 Å². The second kappa shape index (κ2) is 8.50. The maximum absolute atomic E-state index is 12.1. The first-order valence-corrected chi connectivity index (χ1v) is 9.42. The monoisotopic (exact) mass is 419 g/mol. The smallest absolute Gasteiger partial charge is 0.348 e. The summed E-state index contributed by atoms with van der Waals surface area (Å²) in [5.74, 6) is -2.32. The molecule has 9 nitrogen and oxygen atoms in total. The van der Waals surface area contributed by atoms with Crippen LogP contribution in [0, 0.1) is 0 Å². The quantitative estimate of drug-likeness (QED) is 0.503. The van der Waals surface area contributed by atoms with Crippen LogP contribution in [-0.2, 0) is 9.53 Å². The summed E-state index contributed by atoms with van der Waals surface area (Å²) in [5, 5.41) is 7.36. The number of hydrogen-bond acceptors (Lipinski definition) is 8. The Morgan fingerprint density at radius 2 is 1.93 bits per heavy atom. The van der Waals surface area contributed by atoms with Gasteiger partial charge in [-0.2, -0.15) is 0 Å². The van der Waals surface area contributed by atoms with Crippen LogP contribution < -0.4 is 16.4 Å². The van der Waals surface area contributed by atoms with Gasteiger partial charge in [-0.05, 0) is 35.7 Å². The SMILES string of the molecule is NC(=O)c1ccsc1NC(=O)COC(=O)c1ccc(NC(=O)c2ccco2)s1. The number of hydrogen-bond donors (Lipinski definition) is 3. The third-order valence-corrected chi connectivity index (χ3v) is 5.12. The molecule has 0 radical (unpaired) electrons. The average Bonchev–Trinajstić information content (AvgIpc) is 3.40. The minimum Gasteiger partial charge on any atom is -0.459 e. The van der Waals surface area contributed by atoms with Crippen molar-refractivity contribution in [2.24, 2.45) is 5.73 Å². The summed E-state index contributed by atoms with van der Waals surface area (Å²) in [4.78, 5) is 47.3. The van der Waals surface area contributed by atoms with Gasteiger partial charge in [0.15, 0.2) is 12.4 Å². The van der Waals surface area contributed by atoms with Crippen LogP contribution in [0.1, 0.15) is 30.6 Å². The van der Waals surface area contributed by atoms with Gasteiger partial charge in [-0.25, -0.2) is 4.79 Å². The second-order valence-electron chi connectivity index (χ2n) is 5.25. The first-order valence-electron chi connectivity index (χ1n) is 7.73. The van der Waals surface area contributed by atoms with Gasteiger partial charge in [-0.15, -0.1) is 22.7 Å². The normalized spacial score (nSPS) is 10.3. The lowest BCUT2D eigenvalue weighted by Gasteiger charge is -2.05. The Morgan fingerprint density at radius 1 is 1.11 bits per heavy atom. The lowest BCUT2D eigenvalue weighted by atomic mass is 10.3. The van der Waals surface area contributed by atoms with E-state index >= 15 is 0 Å². The van der Waals surface area contributed by atoms with Gasteiger partial charge in [0.2, 0.25) is 0 Å². The standard InChI is InChI=1S/C17H13N3O6S2/c18-14(22)9-5-7-27-16(9)19-12(21)8-26-17(24)11-3-4-13(28-11)20-15(23)10-2-1-6-25-10/h1-7H,8H2,(H2,18,22)(H,19,21)(H,20,23). The lowest BCUT2D eigenvalue weighted by molar-refractivity contribution is -0.119. The van der Waals surface area contributed by atoms with Crippen LogP contribution in [0.3, 0.4) is 0 Å². The Morgan fingerprint density at radius 3 is 2.64 bits per heavy atom. The summed E-state index contributed by atoms with van der Waals surface area (Å²) in [5.41, 5.74) is 5.38. The van der Waals surface area contributed by atoms with Crippen molar-refractivity contribution >= 4 is 56.4 Å². The molecule has 3 amide bonds. The molecular weight excluding hydrogens is 406 g/mol. The number of carbonyl (C=O) groups excluding carboxylic acids is 4. The van der Waals surface area contributed by atoms with Crippen LogP contribution in [0.25, 0.3) is 0 Å². The highest BCUT2D eigenvalue weighted by atomic mass is 32.1. The molecule has 0 aromatic carbocycles. The van der Waals surface area contributed by atoms with E-state index in [1.165, 1.54) is 30.5 Å². The largest absolute Gasteiger partial charge is 0.459 e. The van der Waals surface area contributed by atoms with E-state index in [-0.39, 0.29) is 21.2 Å². The Kier molecular flexibility index (Phi) is 5.87. The number of amides is 3. The number of esters is 1. The highest BCUT2D eigenvalue weighted by molar-refractivity contribution is 7.18. The van der Waals surface area contributed by atoms with Gasteiger partial charge in [0, 0.05) is 0 Å². The van der Waals surface area contributed by atoms with Crippen molar-refractivity contribution < 1.29 is 28.3 Å². The van der Waals surface area contributed by atoms with E-state index in [2.05, 4.69) is 10.6 Å². The van der Waals surface area contributed by atoms with Crippen molar-refractivity contribution in [3.8, 4) is 0 Å². The summed E-state index contributed by atoms with van der Waals surface area (Å²) in [7, 11) is 0. The fourth-order valence-electron chi connectivity index (χ4n) is 2.06. The number of rotatable bonds is 7. The highest BCUT2D eigenvalue weighted by Gasteiger charge is 2.17. The Labute approximate surface area is 166 Å². The number of carbonyl (C=O) groups is 4. The molecule has 3 aromatic heterocycles. The molecule has 0 spiro atoms. The highest BCUT2D eigenvalue weighted by Crippen LogP contribution is 2.24. The van der Waals surface area contributed by atoms with E-state index in [4.69, 9.17) is 14.9 Å². The minimum atomic E-state index is -0.722. The van der Waals surface area contributed by atoms with E-state index in [1.54, 1.807) is 11.4 Å². The van der Waals surface area contributed by atoms with Gasteiger partial charge >= 0.3 is 5.97 Å². The van der Waals surface area contributed by atoms with E-state index < -0.39 is 30.3 Å². The summed E-state index contributed by atoms with van der Waals surface area (Å²) >= 11 is 2.12. The number of thiophene rings is 2. The molecule has 0 saturated heterocycles. The summed E-state index contributed by atoms with van der Waals surface area (Å²) < 4.78 is 9.93. The molecule has 3 aromatic rings. The van der Waals surface area contributed by atoms with E-state index in [1.807, 2.05) is 0 Å². The molecule has 0 aliphatic carbocycles. The first-order chi connectivity index (χ1) is 13.4. The molecular formula is C17H13N3O6S2. The van der Waals surface area contributed by atoms with Crippen molar-refractivity contribution in [1.29, 1.82) is 0 Å². The molecule has 0 aliphatic rings. The molecule has 0 bridgehead atoms. The van der Waals surface area contributed by atoms with Gasteiger partial charge in [0.1, 0.15) is 9.88 Å². The van der Waals surface area contributed by atoms with Gasteiger partial charge in [-0.3, -0.25) is 14.4 Å². The molecule has 144 valence electrons. The predicted octanol–water partition coefficient (Wildman–Crippen LogP) is 2.55. The zero-order valence-electron chi connectivity index (χ0n) is 14.1. The predicted molar refractivity (Wildman–Crippen MR) is 103 cm³/mol. The minimum absolute atomic E-state index is 0.137. The first kappa shape index (κ1) is 19.3. The molecule has 3 rings (SSSR count). The second-order valence-corrected chi connectivity index (χ2v) is 7.25. The molecule has 4 N–H and O–H groups in total. The lowest BCUT2D eigenvalue weighted by Crippen LogP contribution is -2.22. The van der Waals surface area contributed by atoms with Crippen LogP contribution in [0.2, 0.25) is 0 Å². The number of nitrogens with two attached hydrogens (primary N) is 1. The third-order valence-electron chi connectivity index (χ3n) is 3.31. The molecule has 11 heteroatoms. The van der Waals surface area contributed by atoms with Gasteiger partial charge in [0.05, 0.1) is 16.8 Å². The number of nitrogens with one attached hydrogen (secondary N) is 2. The molecule has 0 saturated carbocycles. The Balaban J connectivity index is 1.51. The van der Waals surface area contributed by atoms with Crippen LogP contribution in [-0.4, -0.2) is 30.3 Å². The number of furan rings is 1. The molecule has 0 atom stereocenters. The number of anilines is 2. The molecule has 0 fully saturated rings. The van der Waals surface area contributed by atoms with Crippen molar-refractivity contribution in [3.63, 3.8) is 0 Å². The van der Waals surface area contributed by atoms with E-state index in [9.17, 15) is 19.2 Å². The van der Waals surface area contributed by atoms with E-state index in [0.29, 0.717) is 5.00 Å². The molecule has 3 heterocycles. The zero-order chi connectivity index (χ0) is 20.1. The van der Waals surface area contributed by atoms with Gasteiger partial charge in [-0.1, -0.05) is 0 Å². The zero-order valence-corrected chi connectivity index (χ0v) is 15.7. The summed E-state index contributed by atoms with van der Waals surface area (Å²) in [6.07, 6.45) is 1.37. The summed E-state index contributed by atoms with van der Waals surface area (Å²) in [6.45, 7) is -0.541. The van der Waals surface area contributed by atoms with Crippen LogP contribution in [0.5, 0.6) is 0 Å². The van der Waals surface area contributed by atoms with Crippen molar-refractivity contribution in [2.45, 2.75) is 0 Å². The third kappa shape index (κ3) is 4.64. The van der Waals surface area contributed by atoms with Crippen molar-refractivity contribution in [1.82, 2.24) is 0 Å². The summed E-state index contributed by atoms with van der Waals surface area (Å²) in [6, 6.07) is 7.58. The Bertz CT molecular complexity index is 1020. The van der Waals surface area contributed by atoms with Gasteiger partial charge in [0.25, 0.3) is 17.7 Å². The van der Waals surface area contributed by atoms with Crippen LogP contribution in [0.15, 0.2) is 46.4 Å². The maximum Gasteiger partial charge on any atom is 0.348 e. The molecule has 0 aliphatic heterocycles. The molecule has 0 unspecified atom stereocenters. The van der Waals surface area contributed by atoms with Crippen LogP contribution >= 0.6 is 22.7 Å². The number of primary amides is 1.